The van der Waals surface area contributed by atoms with E-state index in [1.807, 2.05) is 21.6 Å². The van der Waals surface area contributed by atoms with Gasteiger partial charge >= 0.3 is 0 Å². The van der Waals surface area contributed by atoms with Gasteiger partial charge in [-0.2, -0.15) is 0 Å². The summed E-state index contributed by atoms with van der Waals surface area (Å²) < 4.78 is 25.3. The molecule has 0 bridgehead atoms. The Morgan fingerprint density at radius 1 is 0.469 bits per heavy atom. The summed E-state index contributed by atoms with van der Waals surface area (Å²) in [4.78, 5) is 0. The van der Waals surface area contributed by atoms with E-state index in [4.69, 9.17) is 17.7 Å². The first-order valence-electron chi connectivity index (χ1n) is 12.5. The molecule has 0 fully saturated rings. The lowest BCUT2D eigenvalue weighted by atomic mass is 10.6. The summed E-state index contributed by atoms with van der Waals surface area (Å²) in [5.41, 5.74) is 0. The minimum Gasteiger partial charge on any atom is -0.418 e. The molecule has 0 N–H and O–H groups in total. The van der Waals surface area contributed by atoms with E-state index in [0.717, 1.165) is 26.4 Å². The molecule has 0 saturated carbocycles. The van der Waals surface area contributed by atoms with Crippen LogP contribution in [0, 0.1) is 0 Å². The number of rotatable bonds is 19. The topological polar surface area (TPSA) is 36.9 Å². The molecule has 10 heteroatoms. The van der Waals surface area contributed by atoms with E-state index in [1.54, 1.807) is 0 Å². The lowest BCUT2D eigenvalue weighted by Gasteiger charge is -2.41. The number of hydrogen-bond acceptors (Lipinski definition) is 6. The summed E-state index contributed by atoms with van der Waals surface area (Å²) in [5.74, 6) is 2.34. The van der Waals surface area contributed by atoms with Crippen molar-refractivity contribution in [3.63, 3.8) is 0 Å². The number of hydrogen-bond donors (Lipinski definition) is 0. The Balaban J connectivity index is 4.93. The molecule has 0 spiro atoms. The van der Waals surface area contributed by atoms with Gasteiger partial charge in [-0.25, -0.2) is 0 Å². The second kappa shape index (κ2) is 15.5. The van der Waals surface area contributed by atoms with Crippen LogP contribution in [0.4, 0.5) is 0 Å². The standard InChI is InChI=1S/C22H54O4S2Si4/c1-13-23-29(5,6)21(30(7,8)24-14-2)17-19-27-28-20-18-22(31(9,10)25-15-3)32(11,12)26-16-4/h21-22H,13-20H2,1-12H3. The van der Waals surface area contributed by atoms with Crippen LogP contribution < -0.4 is 0 Å². The van der Waals surface area contributed by atoms with Crippen molar-refractivity contribution in [1.82, 2.24) is 0 Å². The van der Waals surface area contributed by atoms with Crippen LogP contribution in [0.1, 0.15) is 40.5 Å². The van der Waals surface area contributed by atoms with Crippen LogP contribution in [0.25, 0.3) is 0 Å². The van der Waals surface area contributed by atoms with Crippen LogP contribution in [0.2, 0.25) is 62.7 Å². The smallest absolute Gasteiger partial charge is 0.189 e. The van der Waals surface area contributed by atoms with E-state index in [1.165, 1.54) is 24.3 Å². The highest BCUT2D eigenvalue weighted by Gasteiger charge is 2.47. The van der Waals surface area contributed by atoms with Gasteiger partial charge in [0.2, 0.25) is 0 Å². The SMILES string of the molecule is CCO[Si](C)(C)C(CCSSCCC([Si](C)(C)OCC)[Si](C)(C)OCC)[Si](C)(C)OCC. The molecular formula is C22H54O4S2Si4. The first-order chi connectivity index (χ1) is 14.7. The largest absolute Gasteiger partial charge is 0.418 e. The molecule has 0 aliphatic rings. The van der Waals surface area contributed by atoms with Crippen LogP contribution in [0.5, 0.6) is 0 Å². The fraction of sp³-hybridized carbons (Fsp3) is 1.00. The first-order valence-corrected chi connectivity index (χ1v) is 26.9. The molecule has 4 nitrogen and oxygen atoms in total. The van der Waals surface area contributed by atoms with Crippen molar-refractivity contribution in [2.24, 2.45) is 0 Å². The molecule has 0 rings (SSSR count). The molecule has 0 aliphatic carbocycles. The molecule has 0 heterocycles. The molecule has 0 aromatic rings. The molecule has 0 aliphatic heterocycles. The van der Waals surface area contributed by atoms with E-state index in [2.05, 4.69) is 80.1 Å². The molecule has 0 saturated heterocycles. The van der Waals surface area contributed by atoms with Crippen molar-refractivity contribution in [1.29, 1.82) is 0 Å². The second-order valence-corrected chi connectivity index (χ2v) is 31.1. The summed E-state index contributed by atoms with van der Waals surface area (Å²) >= 11 is 0. The zero-order valence-corrected chi connectivity index (χ0v) is 28.9. The maximum Gasteiger partial charge on any atom is 0.189 e. The van der Waals surface area contributed by atoms with Crippen molar-refractivity contribution in [3.8, 4) is 0 Å². The third-order valence-electron chi connectivity index (χ3n) is 6.49. The lowest BCUT2D eigenvalue weighted by molar-refractivity contribution is 0.301. The Bertz CT molecular complexity index is 428. The first kappa shape index (κ1) is 33.4. The molecule has 0 unspecified atom stereocenters. The van der Waals surface area contributed by atoms with Gasteiger partial charge in [-0.05, 0) is 103 Å². The Hall–Kier alpha value is 1.41. The third-order valence-corrected chi connectivity index (χ3v) is 29.3. The normalized spacial score (nSPS) is 14.1. The van der Waals surface area contributed by atoms with Gasteiger partial charge in [0.1, 0.15) is 0 Å². The van der Waals surface area contributed by atoms with E-state index in [-0.39, 0.29) is 0 Å². The van der Waals surface area contributed by atoms with Crippen LogP contribution in [0.3, 0.4) is 0 Å². The highest BCUT2D eigenvalue weighted by Crippen LogP contribution is 2.41. The average Bonchev–Trinajstić information content (AvgIpc) is 2.62. The predicted octanol–water partition coefficient (Wildman–Crippen LogP) is 7.93. The minimum absolute atomic E-state index is 0.615. The molecule has 0 amide bonds. The molecule has 0 radical (unpaired) electrons. The lowest BCUT2D eigenvalue weighted by Crippen LogP contribution is -2.51. The van der Waals surface area contributed by atoms with E-state index < -0.39 is 33.3 Å². The van der Waals surface area contributed by atoms with Gasteiger partial charge in [-0.15, -0.1) is 0 Å². The maximum atomic E-state index is 6.31. The van der Waals surface area contributed by atoms with Gasteiger partial charge < -0.3 is 17.7 Å². The van der Waals surface area contributed by atoms with E-state index >= 15 is 0 Å². The van der Waals surface area contributed by atoms with Gasteiger partial charge in [0.05, 0.1) is 0 Å². The van der Waals surface area contributed by atoms with Crippen molar-refractivity contribution in [3.05, 3.63) is 0 Å². The maximum absolute atomic E-state index is 6.31. The minimum atomic E-state index is -1.77. The summed E-state index contributed by atoms with van der Waals surface area (Å²) in [5, 5.41) is 1.23. The monoisotopic (exact) mass is 558 g/mol. The van der Waals surface area contributed by atoms with Crippen molar-refractivity contribution >= 4 is 54.9 Å². The van der Waals surface area contributed by atoms with Crippen LogP contribution in [-0.2, 0) is 17.7 Å². The summed E-state index contributed by atoms with van der Waals surface area (Å²) in [7, 11) is -2.99. The second-order valence-electron chi connectivity index (χ2n) is 10.5. The Morgan fingerprint density at radius 2 is 0.688 bits per heavy atom. The Kier molecular flexibility index (Phi) is 16.2. The summed E-state index contributed by atoms with van der Waals surface area (Å²) in [6.07, 6.45) is 2.41. The highest BCUT2D eigenvalue weighted by molar-refractivity contribution is 8.76. The Morgan fingerprint density at radius 3 is 0.875 bits per heavy atom. The van der Waals surface area contributed by atoms with Gasteiger partial charge in [0.25, 0.3) is 0 Å². The fourth-order valence-corrected chi connectivity index (χ4v) is 30.0. The van der Waals surface area contributed by atoms with E-state index in [0.29, 0.717) is 10.3 Å². The summed E-state index contributed by atoms with van der Waals surface area (Å²) in [6, 6.07) is 0. The molecule has 0 aromatic heterocycles. The van der Waals surface area contributed by atoms with Crippen LogP contribution >= 0.6 is 21.6 Å². The van der Waals surface area contributed by atoms with Crippen molar-refractivity contribution < 1.29 is 17.7 Å². The zero-order chi connectivity index (χ0) is 25.1. The summed E-state index contributed by atoms with van der Waals surface area (Å²) in [6.45, 7) is 30.9. The van der Waals surface area contributed by atoms with Crippen molar-refractivity contribution in [2.75, 3.05) is 37.9 Å². The molecule has 194 valence electrons. The van der Waals surface area contributed by atoms with Gasteiger partial charge in [-0.1, -0.05) is 21.6 Å². The van der Waals surface area contributed by atoms with Gasteiger partial charge in [-0.3, -0.25) is 0 Å². The third kappa shape index (κ3) is 11.4. The quantitative estimate of drug-likeness (QED) is 0.0910. The predicted molar refractivity (Wildman–Crippen MR) is 158 cm³/mol. The molecule has 0 aromatic carbocycles. The Labute approximate surface area is 213 Å². The molecular weight excluding hydrogens is 505 g/mol. The van der Waals surface area contributed by atoms with Gasteiger partial charge in [0.15, 0.2) is 33.3 Å². The molecule has 32 heavy (non-hydrogen) atoms. The van der Waals surface area contributed by atoms with E-state index in [9.17, 15) is 0 Å². The van der Waals surface area contributed by atoms with Gasteiger partial charge in [0, 0.05) is 37.9 Å². The highest BCUT2D eigenvalue weighted by atomic mass is 33.1. The zero-order valence-electron chi connectivity index (χ0n) is 23.3. The van der Waals surface area contributed by atoms with Crippen LogP contribution in [-0.4, -0.2) is 71.2 Å². The fourth-order valence-electron chi connectivity index (χ4n) is 5.40. The van der Waals surface area contributed by atoms with Crippen LogP contribution in [0.15, 0.2) is 0 Å². The average molecular weight is 559 g/mol. The van der Waals surface area contributed by atoms with Crippen molar-refractivity contribution in [2.45, 2.75) is 103 Å². The molecule has 0 atom stereocenters.